The van der Waals surface area contributed by atoms with Crippen LogP contribution in [0.2, 0.25) is 0 Å². The minimum absolute atomic E-state index is 0.429. The highest BCUT2D eigenvalue weighted by Gasteiger charge is 2.11. The van der Waals surface area contributed by atoms with Gasteiger partial charge in [-0.2, -0.15) is 10.2 Å². The number of aromatic nitrogens is 5. The second-order valence-corrected chi connectivity index (χ2v) is 3.94. The lowest BCUT2D eigenvalue weighted by Gasteiger charge is -2.04. The van der Waals surface area contributed by atoms with Crippen LogP contribution in [0.4, 0.5) is 5.82 Å². The molecule has 0 unspecified atom stereocenters. The normalized spacial score (nSPS) is 10.2. The summed E-state index contributed by atoms with van der Waals surface area (Å²) < 4.78 is 8.62. The van der Waals surface area contributed by atoms with Crippen molar-refractivity contribution in [3.8, 4) is 17.1 Å². The molecule has 0 radical (unpaired) electrons. The molecular formula is C13H18N6O. The summed E-state index contributed by atoms with van der Waals surface area (Å²) >= 11 is 0. The average Bonchev–Trinajstić information content (AvgIpc) is 3.04. The van der Waals surface area contributed by atoms with Gasteiger partial charge in [0.15, 0.2) is 0 Å². The molecule has 0 aliphatic carbocycles. The van der Waals surface area contributed by atoms with E-state index in [0.717, 1.165) is 16.8 Å². The number of ether oxygens (including phenoxy) is 1. The molecule has 0 saturated heterocycles. The Hall–Kier alpha value is -2.57. The molecule has 3 aromatic rings. The number of nitrogens with two attached hydrogens (primary N) is 1. The van der Waals surface area contributed by atoms with Gasteiger partial charge in [0.25, 0.3) is 0 Å². The first-order chi connectivity index (χ1) is 9.67. The van der Waals surface area contributed by atoms with Crippen LogP contribution in [0.1, 0.15) is 13.8 Å². The van der Waals surface area contributed by atoms with Gasteiger partial charge in [-0.15, -0.1) is 0 Å². The van der Waals surface area contributed by atoms with Crippen LogP contribution in [0.5, 0.6) is 5.88 Å². The zero-order valence-electron chi connectivity index (χ0n) is 12.0. The molecule has 0 fully saturated rings. The number of nitrogens with zero attached hydrogens (tertiary/aromatic N) is 5. The molecule has 3 rings (SSSR count). The van der Waals surface area contributed by atoms with Gasteiger partial charge in [-0.3, -0.25) is 4.68 Å². The number of methoxy groups -OCH3 is 1. The molecule has 0 bridgehead atoms. The molecule has 0 aromatic carbocycles. The van der Waals surface area contributed by atoms with E-state index in [1.807, 2.05) is 27.1 Å². The molecule has 3 heterocycles. The molecule has 3 aromatic heterocycles. The molecule has 7 nitrogen and oxygen atoms in total. The maximum atomic E-state index is 5.68. The maximum Gasteiger partial charge on any atom is 0.240 e. The number of anilines is 1. The number of aryl methyl sites for hydroxylation is 1. The molecule has 20 heavy (non-hydrogen) atoms. The lowest BCUT2D eigenvalue weighted by molar-refractivity contribution is 0.401. The largest absolute Gasteiger partial charge is 0.479 e. The SMILES string of the molecule is CC.COc1nc(-c2cnn(C)c2)cn2nc(N)cc12. The number of nitrogen functional groups attached to an aromatic ring is 1. The molecule has 0 aliphatic rings. The fraction of sp³-hybridized carbons (Fsp3) is 0.308. The first-order valence-corrected chi connectivity index (χ1v) is 6.36. The van der Waals surface area contributed by atoms with E-state index in [-0.39, 0.29) is 0 Å². The van der Waals surface area contributed by atoms with E-state index in [4.69, 9.17) is 10.5 Å². The van der Waals surface area contributed by atoms with Crippen molar-refractivity contribution in [2.45, 2.75) is 13.8 Å². The summed E-state index contributed by atoms with van der Waals surface area (Å²) in [5.74, 6) is 0.916. The van der Waals surface area contributed by atoms with E-state index in [2.05, 4.69) is 15.2 Å². The molecule has 0 amide bonds. The quantitative estimate of drug-likeness (QED) is 0.769. The fourth-order valence-electron chi connectivity index (χ4n) is 1.83. The number of rotatable bonds is 2. The van der Waals surface area contributed by atoms with Crippen LogP contribution < -0.4 is 10.5 Å². The Morgan fingerprint density at radius 1 is 1.25 bits per heavy atom. The standard InChI is InChI=1S/C11H12N6O.C2H6/c1-16-5-7(4-13-16)8-6-17-9(3-10(12)15-17)11(14-8)18-2;1-2/h3-6H,1-2H3,(H2,12,15);1-2H3. The molecule has 0 spiro atoms. The van der Waals surface area contributed by atoms with E-state index >= 15 is 0 Å². The molecule has 106 valence electrons. The number of hydrogen-bond donors (Lipinski definition) is 1. The molecule has 0 atom stereocenters. The van der Waals surface area contributed by atoms with Crippen LogP contribution in [0.3, 0.4) is 0 Å². The Kier molecular flexibility index (Phi) is 3.88. The Morgan fingerprint density at radius 2 is 2.00 bits per heavy atom. The second-order valence-electron chi connectivity index (χ2n) is 3.94. The third-order valence-electron chi connectivity index (χ3n) is 2.63. The minimum Gasteiger partial charge on any atom is -0.479 e. The lowest BCUT2D eigenvalue weighted by Crippen LogP contribution is -1.97. The summed E-state index contributed by atoms with van der Waals surface area (Å²) in [6.45, 7) is 4.00. The van der Waals surface area contributed by atoms with E-state index in [1.54, 1.807) is 34.8 Å². The second kappa shape index (κ2) is 5.60. The van der Waals surface area contributed by atoms with Crippen molar-refractivity contribution < 1.29 is 4.74 Å². The van der Waals surface area contributed by atoms with Crippen LogP contribution in [-0.2, 0) is 7.05 Å². The Labute approximate surface area is 117 Å². The molecule has 2 N–H and O–H groups in total. The van der Waals surface area contributed by atoms with Crippen LogP contribution in [-0.4, -0.2) is 31.5 Å². The topological polar surface area (TPSA) is 83.3 Å². The predicted molar refractivity (Wildman–Crippen MR) is 77.5 cm³/mol. The summed E-state index contributed by atoms with van der Waals surface area (Å²) in [6.07, 6.45) is 5.41. The van der Waals surface area contributed by atoms with E-state index in [0.29, 0.717) is 11.7 Å². The summed E-state index contributed by atoms with van der Waals surface area (Å²) in [7, 11) is 3.42. The van der Waals surface area contributed by atoms with Crippen LogP contribution in [0.25, 0.3) is 16.8 Å². The molecule has 0 aliphatic heterocycles. The van der Waals surface area contributed by atoms with Gasteiger partial charge in [0.2, 0.25) is 5.88 Å². The van der Waals surface area contributed by atoms with Gasteiger partial charge in [-0.25, -0.2) is 9.50 Å². The molecular weight excluding hydrogens is 256 g/mol. The Morgan fingerprint density at radius 3 is 2.60 bits per heavy atom. The summed E-state index contributed by atoms with van der Waals surface area (Å²) in [4.78, 5) is 4.42. The van der Waals surface area contributed by atoms with Crippen LogP contribution in [0.15, 0.2) is 24.7 Å². The first kappa shape index (κ1) is 13.9. The van der Waals surface area contributed by atoms with Crippen molar-refractivity contribution in [2.24, 2.45) is 7.05 Å². The minimum atomic E-state index is 0.429. The van der Waals surface area contributed by atoms with Gasteiger partial charge in [0, 0.05) is 24.9 Å². The third kappa shape index (κ3) is 2.42. The number of fused-ring (bicyclic) bond motifs is 1. The summed E-state index contributed by atoms with van der Waals surface area (Å²) in [6, 6.07) is 1.72. The van der Waals surface area contributed by atoms with Gasteiger partial charge in [0.1, 0.15) is 11.3 Å². The first-order valence-electron chi connectivity index (χ1n) is 6.36. The maximum absolute atomic E-state index is 5.68. The van der Waals surface area contributed by atoms with E-state index in [1.165, 1.54) is 0 Å². The predicted octanol–water partition coefficient (Wildman–Crippen LogP) is 1.75. The molecule has 0 saturated carbocycles. The van der Waals surface area contributed by atoms with Gasteiger partial charge in [0.05, 0.1) is 25.2 Å². The fourth-order valence-corrected chi connectivity index (χ4v) is 1.83. The van der Waals surface area contributed by atoms with Crippen molar-refractivity contribution in [2.75, 3.05) is 12.8 Å². The zero-order chi connectivity index (χ0) is 14.7. The van der Waals surface area contributed by atoms with Gasteiger partial charge < -0.3 is 10.5 Å². The van der Waals surface area contributed by atoms with Gasteiger partial charge in [-0.05, 0) is 0 Å². The highest BCUT2D eigenvalue weighted by molar-refractivity contribution is 5.66. The van der Waals surface area contributed by atoms with Gasteiger partial charge >= 0.3 is 0 Å². The Bertz CT molecular complexity index is 715. The van der Waals surface area contributed by atoms with Gasteiger partial charge in [-0.1, -0.05) is 13.8 Å². The summed E-state index contributed by atoms with van der Waals surface area (Å²) in [5, 5.41) is 8.28. The third-order valence-corrected chi connectivity index (χ3v) is 2.63. The van der Waals surface area contributed by atoms with Crippen molar-refractivity contribution in [3.05, 3.63) is 24.7 Å². The van der Waals surface area contributed by atoms with Crippen molar-refractivity contribution >= 4 is 11.3 Å². The smallest absolute Gasteiger partial charge is 0.240 e. The highest BCUT2D eigenvalue weighted by Crippen LogP contribution is 2.24. The highest BCUT2D eigenvalue weighted by atomic mass is 16.5. The van der Waals surface area contributed by atoms with Crippen LogP contribution >= 0.6 is 0 Å². The molecule has 7 heteroatoms. The summed E-state index contributed by atoms with van der Waals surface area (Å²) in [5.41, 5.74) is 8.04. The van der Waals surface area contributed by atoms with E-state index in [9.17, 15) is 0 Å². The van der Waals surface area contributed by atoms with Crippen molar-refractivity contribution in [1.82, 2.24) is 24.4 Å². The number of hydrogen-bond acceptors (Lipinski definition) is 5. The van der Waals surface area contributed by atoms with Crippen molar-refractivity contribution in [1.29, 1.82) is 0 Å². The Balaban J connectivity index is 0.000000704. The average molecular weight is 274 g/mol. The van der Waals surface area contributed by atoms with Crippen LogP contribution in [0, 0.1) is 0 Å². The lowest BCUT2D eigenvalue weighted by atomic mass is 10.3. The zero-order valence-corrected chi connectivity index (χ0v) is 12.0. The monoisotopic (exact) mass is 274 g/mol. The van der Waals surface area contributed by atoms with Crippen molar-refractivity contribution in [3.63, 3.8) is 0 Å². The van der Waals surface area contributed by atoms with E-state index < -0.39 is 0 Å².